The van der Waals surface area contributed by atoms with Crippen molar-refractivity contribution in [2.75, 3.05) is 7.11 Å². The molecule has 0 unspecified atom stereocenters. The average Bonchev–Trinajstić information content (AvgIpc) is 2.85. The summed E-state index contributed by atoms with van der Waals surface area (Å²) in [5, 5.41) is 0. The number of methoxy groups -OCH3 is 1. The van der Waals surface area contributed by atoms with Gasteiger partial charge >= 0.3 is 0 Å². The highest BCUT2D eigenvalue weighted by Gasteiger charge is 2.45. The van der Waals surface area contributed by atoms with Crippen LogP contribution in [0.25, 0.3) is 0 Å². The highest BCUT2D eigenvalue weighted by atomic mass is 79.9. The Labute approximate surface area is 160 Å². The summed E-state index contributed by atoms with van der Waals surface area (Å²) in [6.07, 6.45) is 9.34. The molecule has 2 atom stereocenters. The Morgan fingerprint density at radius 1 is 1.24 bits per heavy atom. The van der Waals surface area contributed by atoms with E-state index in [-0.39, 0.29) is 17.1 Å². The number of benzene rings is 1. The summed E-state index contributed by atoms with van der Waals surface area (Å²) >= 11 is 3.70. The van der Waals surface area contributed by atoms with E-state index < -0.39 is 0 Å². The summed E-state index contributed by atoms with van der Waals surface area (Å²) in [4.78, 5) is 0. The van der Waals surface area contributed by atoms with Crippen LogP contribution in [-0.2, 0) is 11.2 Å². The van der Waals surface area contributed by atoms with Gasteiger partial charge in [-0.05, 0) is 81.4 Å². The SMILES string of the molecule is COc1ccc(Br)c(CC2=CCC[C@@]3(C)C2=CC[C@@H]3OC(C)(C)C)c1. The molecule has 0 fully saturated rings. The van der Waals surface area contributed by atoms with E-state index in [0.717, 1.165) is 29.5 Å². The normalized spacial score (nSPS) is 26.1. The summed E-state index contributed by atoms with van der Waals surface area (Å²) in [5.74, 6) is 0.909. The van der Waals surface area contributed by atoms with Gasteiger partial charge in [-0.3, -0.25) is 0 Å². The number of ether oxygens (including phenoxy) is 2. The molecule has 136 valence electrons. The third-order valence-electron chi connectivity index (χ3n) is 5.39. The average molecular weight is 405 g/mol. The van der Waals surface area contributed by atoms with Crippen molar-refractivity contribution in [2.45, 2.75) is 65.1 Å². The van der Waals surface area contributed by atoms with Crippen molar-refractivity contribution < 1.29 is 9.47 Å². The van der Waals surface area contributed by atoms with Crippen molar-refractivity contribution >= 4 is 15.9 Å². The number of hydrogen-bond acceptors (Lipinski definition) is 2. The zero-order valence-electron chi connectivity index (χ0n) is 16.0. The summed E-state index contributed by atoms with van der Waals surface area (Å²) in [6.45, 7) is 8.85. The van der Waals surface area contributed by atoms with Gasteiger partial charge in [0.05, 0.1) is 18.8 Å². The minimum Gasteiger partial charge on any atom is -0.497 e. The first-order chi connectivity index (χ1) is 11.7. The predicted octanol–water partition coefficient (Wildman–Crippen LogP) is 6.24. The Hall–Kier alpha value is -1.06. The molecule has 3 rings (SSSR count). The smallest absolute Gasteiger partial charge is 0.119 e. The summed E-state index contributed by atoms with van der Waals surface area (Å²) in [7, 11) is 1.72. The zero-order valence-corrected chi connectivity index (χ0v) is 17.6. The summed E-state index contributed by atoms with van der Waals surface area (Å²) in [6, 6.07) is 6.20. The molecule has 2 aliphatic rings. The van der Waals surface area contributed by atoms with E-state index in [9.17, 15) is 0 Å². The van der Waals surface area contributed by atoms with Crippen LogP contribution >= 0.6 is 15.9 Å². The highest BCUT2D eigenvalue weighted by Crippen LogP contribution is 2.51. The van der Waals surface area contributed by atoms with Gasteiger partial charge in [0.25, 0.3) is 0 Å². The molecule has 0 aromatic heterocycles. The Balaban J connectivity index is 1.84. The monoisotopic (exact) mass is 404 g/mol. The topological polar surface area (TPSA) is 18.5 Å². The molecule has 1 aromatic rings. The molecule has 1 aromatic carbocycles. The van der Waals surface area contributed by atoms with Gasteiger partial charge in [0.15, 0.2) is 0 Å². The van der Waals surface area contributed by atoms with Gasteiger partial charge < -0.3 is 9.47 Å². The van der Waals surface area contributed by atoms with Crippen LogP contribution in [-0.4, -0.2) is 18.8 Å². The maximum atomic E-state index is 6.42. The lowest BCUT2D eigenvalue weighted by Gasteiger charge is -2.41. The molecule has 0 aliphatic heterocycles. The van der Waals surface area contributed by atoms with Gasteiger partial charge in [-0.15, -0.1) is 0 Å². The summed E-state index contributed by atoms with van der Waals surface area (Å²) < 4.78 is 13.0. The number of halogens is 1. The standard InChI is InChI=1S/C22H29BrO2/c1-21(2,3)25-20-11-9-18-15(7-6-12-22(18,20)4)13-16-14-17(24-5)8-10-19(16)23/h7-10,14,20H,6,11-13H2,1-5H3/t20-,22-/m0/s1. The van der Waals surface area contributed by atoms with Crippen molar-refractivity contribution in [3.8, 4) is 5.75 Å². The second kappa shape index (κ2) is 6.92. The maximum absolute atomic E-state index is 6.42. The van der Waals surface area contributed by atoms with E-state index in [4.69, 9.17) is 9.47 Å². The molecular weight excluding hydrogens is 376 g/mol. The molecule has 0 saturated heterocycles. The van der Waals surface area contributed by atoms with Crippen molar-refractivity contribution in [3.05, 3.63) is 51.5 Å². The molecule has 0 amide bonds. The second-order valence-corrected chi connectivity index (χ2v) is 9.25. The largest absolute Gasteiger partial charge is 0.497 e. The lowest BCUT2D eigenvalue weighted by atomic mass is 9.70. The molecule has 0 bridgehead atoms. The van der Waals surface area contributed by atoms with Crippen LogP contribution in [0.2, 0.25) is 0 Å². The number of allylic oxidation sites excluding steroid dienone is 2. The van der Waals surface area contributed by atoms with Crippen molar-refractivity contribution in [1.82, 2.24) is 0 Å². The third kappa shape index (κ3) is 3.88. The van der Waals surface area contributed by atoms with Crippen LogP contribution in [0.5, 0.6) is 5.75 Å². The first-order valence-corrected chi connectivity index (χ1v) is 9.92. The molecule has 2 nitrogen and oxygen atoms in total. The van der Waals surface area contributed by atoms with Crippen LogP contribution < -0.4 is 4.74 Å². The molecule has 0 heterocycles. The van der Waals surface area contributed by atoms with E-state index in [0.29, 0.717) is 0 Å². The molecule has 0 radical (unpaired) electrons. The fourth-order valence-electron chi connectivity index (χ4n) is 4.13. The highest BCUT2D eigenvalue weighted by molar-refractivity contribution is 9.10. The third-order valence-corrected chi connectivity index (χ3v) is 6.17. The van der Waals surface area contributed by atoms with E-state index in [2.05, 4.69) is 67.9 Å². The van der Waals surface area contributed by atoms with Crippen LogP contribution in [0.15, 0.2) is 46.0 Å². The fraction of sp³-hybridized carbons (Fsp3) is 0.545. The lowest BCUT2D eigenvalue weighted by molar-refractivity contribution is -0.0978. The Morgan fingerprint density at radius 3 is 2.68 bits per heavy atom. The zero-order chi connectivity index (χ0) is 18.2. The van der Waals surface area contributed by atoms with Gasteiger partial charge in [0.1, 0.15) is 5.75 Å². The van der Waals surface area contributed by atoms with Gasteiger partial charge in [-0.1, -0.05) is 35.0 Å². The Bertz CT molecular complexity index is 711. The van der Waals surface area contributed by atoms with E-state index >= 15 is 0 Å². The molecule has 0 N–H and O–H groups in total. The number of rotatable bonds is 4. The first kappa shape index (κ1) is 18.7. The Morgan fingerprint density at radius 2 is 2.00 bits per heavy atom. The maximum Gasteiger partial charge on any atom is 0.119 e. The van der Waals surface area contributed by atoms with Gasteiger partial charge in [0, 0.05) is 9.89 Å². The van der Waals surface area contributed by atoms with E-state index in [1.165, 1.54) is 23.1 Å². The minimum atomic E-state index is -0.103. The lowest BCUT2D eigenvalue weighted by Crippen LogP contribution is -2.39. The van der Waals surface area contributed by atoms with E-state index in [1.54, 1.807) is 7.11 Å². The predicted molar refractivity (Wildman–Crippen MR) is 107 cm³/mol. The van der Waals surface area contributed by atoms with Gasteiger partial charge in [-0.25, -0.2) is 0 Å². The number of fused-ring (bicyclic) bond motifs is 1. The van der Waals surface area contributed by atoms with Crippen LogP contribution in [0.1, 0.15) is 52.5 Å². The van der Waals surface area contributed by atoms with Crippen molar-refractivity contribution in [1.29, 1.82) is 0 Å². The second-order valence-electron chi connectivity index (χ2n) is 8.39. The fourth-order valence-corrected chi connectivity index (χ4v) is 4.52. The first-order valence-electron chi connectivity index (χ1n) is 9.13. The van der Waals surface area contributed by atoms with Gasteiger partial charge in [-0.2, -0.15) is 0 Å². The van der Waals surface area contributed by atoms with Gasteiger partial charge in [0.2, 0.25) is 0 Å². The van der Waals surface area contributed by atoms with Crippen LogP contribution in [0.3, 0.4) is 0 Å². The molecular formula is C22H29BrO2. The van der Waals surface area contributed by atoms with Crippen LogP contribution in [0.4, 0.5) is 0 Å². The quantitative estimate of drug-likeness (QED) is 0.590. The number of hydrogen-bond donors (Lipinski definition) is 0. The molecule has 2 aliphatic carbocycles. The molecule has 3 heteroatoms. The molecule has 0 saturated carbocycles. The molecule has 0 spiro atoms. The summed E-state index contributed by atoms with van der Waals surface area (Å²) in [5.41, 5.74) is 4.23. The minimum absolute atomic E-state index is 0.103. The van der Waals surface area contributed by atoms with Crippen molar-refractivity contribution in [2.24, 2.45) is 5.41 Å². The molecule has 25 heavy (non-hydrogen) atoms. The van der Waals surface area contributed by atoms with Crippen molar-refractivity contribution in [3.63, 3.8) is 0 Å². The Kier molecular flexibility index (Phi) is 5.18. The van der Waals surface area contributed by atoms with Crippen LogP contribution in [0, 0.1) is 5.41 Å². The van der Waals surface area contributed by atoms with E-state index in [1.807, 2.05) is 6.07 Å².